The summed E-state index contributed by atoms with van der Waals surface area (Å²) in [5, 5.41) is 14.7. The zero-order valence-corrected chi connectivity index (χ0v) is 28.6. The molecule has 11 nitrogen and oxygen atoms in total. The molecule has 4 aliphatic rings. The van der Waals surface area contributed by atoms with Crippen molar-refractivity contribution in [3.05, 3.63) is 58.1 Å². The van der Waals surface area contributed by atoms with E-state index >= 15 is 0 Å². The first-order valence-corrected chi connectivity index (χ1v) is 17.6. The minimum absolute atomic E-state index is 0.0317. The van der Waals surface area contributed by atoms with Crippen LogP contribution in [0.1, 0.15) is 48.8 Å². The number of benzene rings is 2. The summed E-state index contributed by atoms with van der Waals surface area (Å²) in [5.41, 5.74) is 9.51. The zero-order chi connectivity index (χ0) is 33.8. The third kappa shape index (κ3) is 7.91. The van der Waals surface area contributed by atoms with Gasteiger partial charge in [-0.05, 0) is 81.6 Å². The molecular weight excluding hydrogens is 630 g/mol. The van der Waals surface area contributed by atoms with Crippen molar-refractivity contribution in [1.82, 2.24) is 24.5 Å². The summed E-state index contributed by atoms with van der Waals surface area (Å²) < 4.78 is 6.23. The number of likely N-dealkylation sites (N-methyl/N-ethyl adjacent to an activating group) is 1. The van der Waals surface area contributed by atoms with E-state index in [2.05, 4.69) is 28.1 Å². The number of aliphatic hydroxyl groups excluding tert-OH is 1. The van der Waals surface area contributed by atoms with Crippen molar-refractivity contribution in [1.29, 1.82) is 0 Å². The second-order valence-corrected chi connectivity index (χ2v) is 14.0. The van der Waals surface area contributed by atoms with Gasteiger partial charge in [-0.1, -0.05) is 35.7 Å². The molecule has 4 N–H and O–H groups in total. The van der Waals surface area contributed by atoms with Crippen LogP contribution < -0.4 is 11.1 Å². The van der Waals surface area contributed by atoms with Crippen LogP contribution in [0.4, 0.5) is 16.2 Å². The molecule has 4 heterocycles. The van der Waals surface area contributed by atoms with Crippen molar-refractivity contribution in [3.8, 4) is 12.3 Å². The van der Waals surface area contributed by atoms with Crippen molar-refractivity contribution in [2.75, 3.05) is 70.5 Å². The number of fused-ring (bicyclic) bond motifs is 1. The topological polar surface area (TPSA) is 118 Å². The van der Waals surface area contributed by atoms with Gasteiger partial charge in [-0.25, -0.2) is 4.79 Å². The number of nitrogens with zero attached hydrogens (tertiary/aromatic N) is 5. The molecule has 48 heavy (non-hydrogen) atoms. The van der Waals surface area contributed by atoms with Crippen LogP contribution in [0, 0.1) is 12.3 Å². The van der Waals surface area contributed by atoms with E-state index in [4.69, 9.17) is 28.5 Å². The van der Waals surface area contributed by atoms with Crippen molar-refractivity contribution in [2.45, 2.75) is 69.7 Å². The van der Waals surface area contributed by atoms with E-state index in [1.807, 2.05) is 39.0 Å². The van der Waals surface area contributed by atoms with Gasteiger partial charge in [0.25, 0.3) is 5.91 Å². The smallest absolute Gasteiger partial charge is 0.322 e. The second-order valence-electron chi connectivity index (χ2n) is 13.6. The number of anilines is 2. The van der Waals surface area contributed by atoms with E-state index in [1.165, 1.54) is 0 Å². The highest BCUT2D eigenvalue weighted by molar-refractivity contribution is 6.33. The van der Waals surface area contributed by atoms with E-state index in [0.29, 0.717) is 73.4 Å². The van der Waals surface area contributed by atoms with Gasteiger partial charge in [0.2, 0.25) is 6.41 Å². The number of piperidine rings is 2. The van der Waals surface area contributed by atoms with Gasteiger partial charge in [-0.15, -0.1) is 6.42 Å². The third-order valence-corrected chi connectivity index (χ3v) is 10.8. The predicted molar refractivity (Wildman–Crippen MR) is 187 cm³/mol. The Balaban J connectivity index is 1.10. The maximum atomic E-state index is 14.1. The first-order chi connectivity index (χ1) is 23.2. The number of likely N-dealkylation sites (tertiary alicyclic amines) is 2. The summed E-state index contributed by atoms with van der Waals surface area (Å²) in [6.07, 6.45) is 7.95. The summed E-state index contributed by atoms with van der Waals surface area (Å²) in [6.45, 7) is 7.17. The number of hydrogen-bond acceptors (Lipinski definition) is 8. The van der Waals surface area contributed by atoms with E-state index in [9.17, 15) is 14.7 Å². The summed E-state index contributed by atoms with van der Waals surface area (Å²) in [4.78, 5) is 37.5. The van der Waals surface area contributed by atoms with E-state index in [-0.39, 0.29) is 24.4 Å². The Kier molecular flexibility index (Phi) is 11.1. The third-order valence-electron chi connectivity index (χ3n) is 10.5. The number of amides is 3. The Morgan fingerprint density at radius 2 is 1.79 bits per heavy atom. The molecule has 258 valence electrons. The van der Waals surface area contributed by atoms with Crippen LogP contribution >= 0.6 is 11.6 Å². The highest BCUT2D eigenvalue weighted by atomic mass is 35.5. The molecule has 4 aliphatic heterocycles. The van der Waals surface area contributed by atoms with Crippen molar-refractivity contribution >= 4 is 34.9 Å². The Labute approximate surface area is 288 Å². The van der Waals surface area contributed by atoms with Crippen LogP contribution in [0.5, 0.6) is 0 Å². The number of nitrogens with one attached hydrogen (secondary N) is 1. The zero-order valence-electron chi connectivity index (χ0n) is 27.8. The number of hydrogen-bond donors (Lipinski definition) is 3. The van der Waals surface area contributed by atoms with Crippen LogP contribution in [0.2, 0.25) is 5.02 Å². The van der Waals surface area contributed by atoms with Crippen LogP contribution in [-0.2, 0) is 22.5 Å². The molecule has 3 amide bonds. The molecule has 0 aliphatic carbocycles. The number of aliphatic hydroxyl groups is 1. The molecule has 0 radical (unpaired) electrons. The number of nitrogen functional groups attached to an aromatic ring is 1. The second kappa shape index (κ2) is 15.5. The van der Waals surface area contributed by atoms with Gasteiger partial charge < -0.3 is 35.6 Å². The lowest BCUT2D eigenvalue weighted by atomic mass is 9.99. The first-order valence-electron chi connectivity index (χ1n) is 17.2. The van der Waals surface area contributed by atoms with Gasteiger partial charge in [0.05, 0.1) is 10.7 Å². The highest BCUT2D eigenvalue weighted by Gasteiger charge is 2.37. The summed E-state index contributed by atoms with van der Waals surface area (Å²) >= 11 is 6.41. The monoisotopic (exact) mass is 677 g/mol. The lowest BCUT2D eigenvalue weighted by Gasteiger charge is -2.42. The van der Waals surface area contributed by atoms with Gasteiger partial charge in [-0.3, -0.25) is 14.6 Å². The molecule has 12 heteroatoms. The summed E-state index contributed by atoms with van der Waals surface area (Å²) in [7, 11) is 2.18. The molecular formula is C36H48ClN7O4. The SMILES string of the molecule is C#Cc1cc(C[C@@H](OC(O)N2CCC(N3Cc4ccccc4NC3=O)CC2)C(=O)N2CCC(N3CCCN(C)CC3)CC2)cc(Cl)c1N. The Morgan fingerprint density at radius 1 is 1.06 bits per heavy atom. The molecule has 2 atom stereocenters. The average molecular weight is 678 g/mol. The molecule has 3 saturated heterocycles. The van der Waals surface area contributed by atoms with E-state index in [1.54, 1.807) is 12.1 Å². The normalized spacial score (nSPS) is 22.0. The fourth-order valence-corrected chi connectivity index (χ4v) is 7.82. The quantitative estimate of drug-likeness (QED) is 0.222. The summed E-state index contributed by atoms with van der Waals surface area (Å²) in [6, 6.07) is 11.7. The van der Waals surface area contributed by atoms with Crippen molar-refractivity contribution < 1.29 is 19.4 Å². The molecule has 3 fully saturated rings. The van der Waals surface area contributed by atoms with Crippen molar-refractivity contribution in [2.24, 2.45) is 0 Å². The minimum atomic E-state index is -1.29. The predicted octanol–water partition coefficient (Wildman–Crippen LogP) is 3.25. The van der Waals surface area contributed by atoms with Gasteiger partial charge >= 0.3 is 6.03 Å². The number of terminal acetylenes is 1. The molecule has 0 bridgehead atoms. The van der Waals surface area contributed by atoms with Crippen molar-refractivity contribution in [3.63, 3.8) is 0 Å². The number of rotatable bonds is 8. The number of halogens is 1. The van der Waals surface area contributed by atoms with Crippen LogP contribution in [0.15, 0.2) is 36.4 Å². The van der Waals surface area contributed by atoms with E-state index in [0.717, 1.165) is 56.7 Å². The van der Waals surface area contributed by atoms with Gasteiger partial charge in [-0.2, -0.15) is 0 Å². The van der Waals surface area contributed by atoms with E-state index < -0.39 is 12.5 Å². The maximum Gasteiger partial charge on any atom is 0.322 e. The lowest BCUT2D eigenvalue weighted by Crippen LogP contribution is -2.54. The van der Waals surface area contributed by atoms with Crippen LogP contribution in [0.3, 0.4) is 0 Å². The molecule has 0 saturated carbocycles. The number of carbonyl (C=O) groups excluding carboxylic acids is 2. The average Bonchev–Trinajstić information content (AvgIpc) is 3.33. The largest absolute Gasteiger partial charge is 0.397 e. The highest BCUT2D eigenvalue weighted by Crippen LogP contribution is 2.30. The summed E-state index contributed by atoms with van der Waals surface area (Å²) in [5.74, 6) is 2.42. The number of carbonyl (C=O) groups is 2. The Hall–Kier alpha value is -3.37. The number of nitrogens with two attached hydrogens (primary N) is 1. The van der Waals surface area contributed by atoms with Gasteiger partial charge in [0, 0.05) is 75.6 Å². The number of urea groups is 1. The van der Waals surface area contributed by atoms with Gasteiger partial charge in [0.1, 0.15) is 6.10 Å². The molecule has 0 aromatic heterocycles. The molecule has 2 aromatic carbocycles. The van der Waals surface area contributed by atoms with Gasteiger partial charge in [0.15, 0.2) is 0 Å². The standard InChI is InChI=1S/C36H48ClN7O4/c1-3-26-21-25(22-30(37)33(26)38)23-32(34(45)42-15-9-28(10-16-42)41-14-6-13-40(2)19-20-41)48-36(47)43-17-11-29(12-18-43)44-24-27-7-4-5-8-31(27)39-35(44)46/h1,4-5,7-8,21-22,28-29,32,36,47H,6,9-20,23-24,38H2,2H3,(H,39,46)/t32-,36?/m1/s1. The fraction of sp³-hybridized carbons (Fsp3) is 0.556. The molecule has 0 spiro atoms. The Bertz CT molecular complexity index is 1500. The Morgan fingerprint density at radius 3 is 2.54 bits per heavy atom. The molecule has 6 rings (SSSR count). The molecule has 1 unspecified atom stereocenters. The van der Waals surface area contributed by atoms with Crippen LogP contribution in [0.25, 0.3) is 0 Å². The first kappa shape index (κ1) is 34.5. The fourth-order valence-electron chi connectivity index (χ4n) is 7.57. The number of para-hydroxylation sites is 1. The minimum Gasteiger partial charge on any atom is -0.397 e. The molecule has 2 aromatic rings. The maximum absolute atomic E-state index is 14.1. The number of ether oxygens (including phenoxy) is 1. The lowest BCUT2D eigenvalue weighted by molar-refractivity contribution is -0.225. The van der Waals surface area contributed by atoms with Crippen LogP contribution in [-0.4, -0.2) is 126 Å².